The molecule has 132 valence electrons. The minimum absolute atomic E-state index is 0.115. The fourth-order valence-electron chi connectivity index (χ4n) is 3.37. The first-order valence-electron chi connectivity index (χ1n) is 8.68. The van der Waals surface area contributed by atoms with Crippen LogP contribution in [0.3, 0.4) is 0 Å². The Balaban J connectivity index is 1.74. The quantitative estimate of drug-likeness (QED) is 0.578. The van der Waals surface area contributed by atoms with Gasteiger partial charge in [0.15, 0.2) is 0 Å². The number of fused-ring (bicyclic) bond motifs is 1. The smallest absolute Gasteiger partial charge is 0.273 e. The van der Waals surface area contributed by atoms with Crippen molar-refractivity contribution in [3.63, 3.8) is 0 Å². The maximum atomic E-state index is 14.2. The Morgan fingerprint density at radius 1 is 1.19 bits per heavy atom. The van der Waals surface area contributed by atoms with Crippen molar-refractivity contribution in [3.8, 4) is 0 Å². The number of carbonyl (C=O) groups is 1. The summed E-state index contributed by atoms with van der Waals surface area (Å²) in [6.45, 7) is 1.86. The van der Waals surface area contributed by atoms with Gasteiger partial charge in [-0.15, -0.1) is 0 Å². The third-order valence-corrected chi connectivity index (χ3v) is 5.15. The molecule has 1 aliphatic rings. The van der Waals surface area contributed by atoms with Gasteiger partial charge in [0.25, 0.3) is 5.91 Å². The molecular weight excluding hydrogens is 351 g/mol. The van der Waals surface area contributed by atoms with Crippen molar-refractivity contribution in [2.75, 3.05) is 0 Å². The number of hydrogen-bond donors (Lipinski definition) is 0. The third kappa shape index (κ3) is 3.06. The van der Waals surface area contributed by atoms with Crippen LogP contribution in [-0.2, 0) is 0 Å². The van der Waals surface area contributed by atoms with Crippen LogP contribution in [-0.4, -0.2) is 21.8 Å². The van der Waals surface area contributed by atoms with Crippen molar-refractivity contribution in [3.05, 3.63) is 76.8 Å². The molecule has 1 heterocycles. The Labute approximate surface area is 156 Å². The van der Waals surface area contributed by atoms with E-state index in [-0.39, 0.29) is 23.8 Å². The summed E-state index contributed by atoms with van der Waals surface area (Å²) in [6.07, 6.45) is 1.84. The molecule has 0 radical (unpaired) electrons. The molecule has 1 aromatic heterocycles. The van der Waals surface area contributed by atoms with E-state index in [0.717, 1.165) is 23.6 Å². The highest BCUT2D eigenvalue weighted by Gasteiger charge is 2.38. The molecule has 5 heteroatoms. The summed E-state index contributed by atoms with van der Waals surface area (Å²) in [4.78, 5) is 19.3. The molecular formula is C21H18ClFN2O. The van der Waals surface area contributed by atoms with E-state index in [2.05, 4.69) is 4.98 Å². The lowest BCUT2D eigenvalue weighted by Crippen LogP contribution is -2.36. The predicted octanol–water partition coefficient (Wildman–Crippen LogP) is 5.39. The van der Waals surface area contributed by atoms with Gasteiger partial charge in [0.05, 0.1) is 6.04 Å². The molecule has 0 spiro atoms. The Morgan fingerprint density at radius 3 is 2.62 bits per heavy atom. The number of nitrogens with zero attached hydrogens (tertiary/aromatic N) is 2. The van der Waals surface area contributed by atoms with Crippen LogP contribution in [0.15, 0.2) is 54.6 Å². The van der Waals surface area contributed by atoms with Crippen molar-refractivity contribution in [1.82, 2.24) is 9.88 Å². The van der Waals surface area contributed by atoms with E-state index in [1.807, 2.05) is 31.2 Å². The SMILES string of the molecule is CC(c1ccccc1F)N(C(=O)c1cc2ccccc2c(Cl)n1)C1CC1. The summed E-state index contributed by atoms with van der Waals surface area (Å²) in [5, 5.41) is 1.98. The van der Waals surface area contributed by atoms with E-state index in [4.69, 9.17) is 11.6 Å². The third-order valence-electron chi connectivity index (χ3n) is 4.86. The summed E-state index contributed by atoms with van der Waals surface area (Å²) >= 11 is 6.29. The average molecular weight is 369 g/mol. The van der Waals surface area contributed by atoms with Gasteiger partial charge < -0.3 is 4.90 Å². The molecule has 1 unspecified atom stereocenters. The van der Waals surface area contributed by atoms with Gasteiger partial charge in [-0.05, 0) is 37.3 Å². The molecule has 0 N–H and O–H groups in total. The Hall–Kier alpha value is -2.46. The second-order valence-corrected chi connectivity index (χ2v) is 7.02. The van der Waals surface area contributed by atoms with E-state index in [1.54, 1.807) is 29.2 Å². The van der Waals surface area contributed by atoms with E-state index >= 15 is 0 Å². The lowest BCUT2D eigenvalue weighted by molar-refractivity contribution is 0.0665. The molecule has 0 saturated heterocycles. The van der Waals surface area contributed by atoms with Crippen LogP contribution in [0.5, 0.6) is 0 Å². The normalized spacial score (nSPS) is 15.0. The number of benzene rings is 2. The molecule has 4 rings (SSSR count). The predicted molar refractivity (Wildman–Crippen MR) is 101 cm³/mol. The summed E-state index contributed by atoms with van der Waals surface area (Å²) in [6, 6.07) is 15.6. The molecule has 3 nitrogen and oxygen atoms in total. The zero-order valence-corrected chi connectivity index (χ0v) is 15.1. The van der Waals surface area contributed by atoms with Crippen molar-refractivity contribution < 1.29 is 9.18 Å². The Bertz CT molecular complexity index is 987. The zero-order valence-electron chi connectivity index (χ0n) is 14.3. The van der Waals surface area contributed by atoms with Crippen molar-refractivity contribution in [1.29, 1.82) is 0 Å². The first-order chi connectivity index (χ1) is 12.6. The van der Waals surface area contributed by atoms with Gasteiger partial charge in [0.1, 0.15) is 16.7 Å². The number of rotatable bonds is 4. The topological polar surface area (TPSA) is 33.2 Å². The lowest BCUT2D eigenvalue weighted by atomic mass is 10.0. The molecule has 2 aromatic carbocycles. The monoisotopic (exact) mass is 368 g/mol. The summed E-state index contributed by atoms with van der Waals surface area (Å²) < 4.78 is 14.2. The van der Waals surface area contributed by atoms with Gasteiger partial charge in [0.2, 0.25) is 0 Å². The van der Waals surface area contributed by atoms with Gasteiger partial charge in [-0.3, -0.25) is 4.79 Å². The molecule has 1 amide bonds. The number of carbonyl (C=O) groups excluding carboxylic acids is 1. The van der Waals surface area contributed by atoms with Crippen LogP contribution >= 0.6 is 11.6 Å². The summed E-state index contributed by atoms with van der Waals surface area (Å²) in [5.41, 5.74) is 0.809. The number of amides is 1. The first kappa shape index (κ1) is 17.0. The maximum Gasteiger partial charge on any atom is 0.273 e. The minimum Gasteiger partial charge on any atom is -0.327 e. The molecule has 0 aliphatic heterocycles. The number of aromatic nitrogens is 1. The van der Waals surface area contributed by atoms with Crippen LogP contribution < -0.4 is 0 Å². The first-order valence-corrected chi connectivity index (χ1v) is 9.06. The van der Waals surface area contributed by atoms with Crippen LogP contribution in [0, 0.1) is 5.82 Å². The van der Waals surface area contributed by atoms with Crippen LogP contribution in [0.25, 0.3) is 10.8 Å². The number of halogens is 2. The highest BCUT2D eigenvalue weighted by molar-refractivity contribution is 6.34. The standard InChI is InChI=1S/C21H18ClFN2O/c1-13(16-7-4-5-9-18(16)23)25(15-10-11-15)21(26)19-12-14-6-2-3-8-17(14)20(22)24-19/h2-9,12-13,15H,10-11H2,1H3. The Kier molecular flexibility index (Phi) is 4.37. The number of pyridine rings is 1. The molecule has 3 aromatic rings. The maximum absolute atomic E-state index is 14.2. The van der Waals surface area contributed by atoms with Crippen molar-refractivity contribution in [2.45, 2.75) is 31.8 Å². The fourth-order valence-corrected chi connectivity index (χ4v) is 3.64. The molecule has 1 aliphatic carbocycles. The van der Waals surface area contributed by atoms with E-state index in [1.165, 1.54) is 6.07 Å². The van der Waals surface area contributed by atoms with Gasteiger partial charge in [0, 0.05) is 17.0 Å². The lowest BCUT2D eigenvalue weighted by Gasteiger charge is -2.30. The van der Waals surface area contributed by atoms with Crippen LogP contribution in [0.2, 0.25) is 5.15 Å². The van der Waals surface area contributed by atoms with E-state index < -0.39 is 0 Å². The number of hydrogen-bond acceptors (Lipinski definition) is 2. The van der Waals surface area contributed by atoms with Gasteiger partial charge in [-0.2, -0.15) is 0 Å². The van der Waals surface area contributed by atoms with Gasteiger partial charge >= 0.3 is 0 Å². The fraction of sp³-hybridized carbons (Fsp3) is 0.238. The van der Waals surface area contributed by atoms with Crippen molar-refractivity contribution >= 4 is 28.3 Å². The molecule has 1 saturated carbocycles. The molecule has 1 fully saturated rings. The van der Waals surface area contributed by atoms with Crippen LogP contribution in [0.1, 0.15) is 41.9 Å². The van der Waals surface area contributed by atoms with E-state index in [9.17, 15) is 9.18 Å². The second-order valence-electron chi connectivity index (χ2n) is 6.66. The average Bonchev–Trinajstić information content (AvgIpc) is 3.47. The highest BCUT2D eigenvalue weighted by Crippen LogP contribution is 2.36. The molecule has 0 bridgehead atoms. The molecule has 26 heavy (non-hydrogen) atoms. The zero-order chi connectivity index (χ0) is 18.3. The molecule has 1 atom stereocenters. The second kappa shape index (κ2) is 6.69. The highest BCUT2D eigenvalue weighted by atomic mass is 35.5. The van der Waals surface area contributed by atoms with Gasteiger partial charge in [-0.1, -0.05) is 54.1 Å². The summed E-state index contributed by atoms with van der Waals surface area (Å²) in [7, 11) is 0. The van der Waals surface area contributed by atoms with Crippen molar-refractivity contribution in [2.24, 2.45) is 0 Å². The minimum atomic E-state index is -0.372. The Morgan fingerprint density at radius 2 is 1.88 bits per heavy atom. The van der Waals surface area contributed by atoms with Gasteiger partial charge in [-0.25, -0.2) is 9.37 Å². The summed E-state index contributed by atoms with van der Waals surface area (Å²) in [5.74, 6) is -0.515. The van der Waals surface area contributed by atoms with E-state index in [0.29, 0.717) is 16.4 Å². The largest absolute Gasteiger partial charge is 0.327 e. The van der Waals surface area contributed by atoms with Crippen LogP contribution in [0.4, 0.5) is 4.39 Å².